The van der Waals surface area contributed by atoms with Crippen LogP contribution >= 0.6 is 11.6 Å². The van der Waals surface area contributed by atoms with E-state index in [4.69, 9.17) is 16.3 Å². The average molecular weight is 343 g/mol. The molecule has 0 fully saturated rings. The summed E-state index contributed by atoms with van der Waals surface area (Å²) in [5, 5.41) is 3.15. The second kappa shape index (κ2) is 7.41. The lowest BCUT2D eigenvalue weighted by atomic mass is 10.1. The average Bonchev–Trinajstić information content (AvgIpc) is 2.91. The van der Waals surface area contributed by atoms with Gasteiger partial charge in [0.2, 0.25) is 0 Å². The minimum atomic E-state index is -0.0606. The largest absolute Gasteiger partial charge is 0.494 e. The van der Waals surface area contributed by atoms with Gasteiger partial charge in [-0.25, -0.2) is 4.68 Å². The lowest BCUT2D eigenvalue weighted by Crippen LogP contribution is -2.15. The number of nitrogens with zero attached hydrogens (tertiary/aromatic N) is 1. The lowest BCUT2D eigenvalue weighted by Gasteiger charge is -2.06. The van der Waals surface area contributed by atoms with Gasteiger partial charge in [-0.05, 0) is 43.2 Å². The quantitative estimate of drug-likeness (QED) is 0.540. The van der Waals surface area contributed by atoms with Gasteiger partial charge >= 0.3 is 0 Å². The van der Waals surface area contributed by atoms with E-state index in [0.29, 0.717) is 18.1 Å². The molecule has 2 aromatic carbocycles. The number of nitrogens with one attached hydrogen (secondary N) is 1. The molecule has 0 radical (unpaired) electrons. The zero-order valence-electron chi connectivity index (χ0n) is 13.5. The summed E-state index contributed by atoms with van der Waals surface area (Å²) in [6, 6.07) is 17.1. The van der Waals surface area contributed by atoms with Crippen LogP contribution in [0.2, 0.25) is 0 Å². The van der Waals surface area contributed by atoms with Crippen molar-refractivity contribution in [2.45, 2.75) is 13.3 Å². The van der Waals surface area contributed by atoms with Crippen molar-refractivity contribution < 1.29 is 4.74 Å². The Balaban J connectivity index is 1.89. The SMILES string of the molecule is Cc1[nH]n(-c2ccc(OCCCCl)cc2)c(=O)c1-c1ccccc1. The van der Waals surface area contributed by atoms with E-state index in [0.717, 1.165) is 29.1 Å². The first-order chi connectivity index (χ1) is 11.7. The fourth-order valence-electron chi connectivity index (χ4n) is 2.61. The number of aromatic amines is 1. The molecule has 1 N–H and O–H groups in total. The molecule has 0 saturated carbocycles. The number of hydrogen-bond donors (Lipinski definition) is 1. The molecule has 5 heteroatoms. The fraction of sp³-hybridized carbons (Fsp3) is 0.211. The zero-order valence-corrected chi connectivity index (χ0v) is 14.2. The van der Waals surface area contributed by atoms with Crippen molar-refractivity contribution in [3.05, 3.63) is 70.6 Å². The predicted octanol–water partition coefficient (Wildman–Crippen LogP) is 4.15. The van der Waals surface area contributed by atoms with Crippen molar-refractivity contribution in [3.63, 3.8) is 0 Å². The summed E-state index contributed by atoms with van der Waals surface area (Å²) in [5.74, 6) is 1.35. The van der Waals surface area contributed by atoms with Crippen LogP contribution in [-0.4, -0.2) is 22.3 Å². The molecule has 0 aliphatic heterocycles. The molecule has 1 heterocycles. The van der Waals surface area contributed by atoms with Crippen molar-refractivity contribution in [2.75, 3.05) is 12.5 Å². The number of H-pyrrole nitrogens is 1. The number of benzene rings is 2. The zero-order chi connectivity index (χ0) is 16.9. The van der Waals surface area contributed by atoms with Gasteiger partial charge in [-0.2, -0.15) is 0 Å². The predicted molar refractivity (Wildman–Crippen MR) is 97.4 cm³/mol. The Bertz CT molecular complexity index is 851. The fourth-order valence-corrected chi connectivity index (χ4v) is 2.72. The summed E-state index contributed by atoms with van der Waals surface area (Å²) >= 11 is 5.64. The van der Waals surface area contributed by atoms with Crippen molar-refractivity contribution >= 4 is 11.6 Å². The third-order valence-electron chi connectivity index (χ3n) is 3.78. The number of aryl methyl sites for hydroxylation is 1. The van der Waals surface area contributed by atoms with Crippen LogP contribution in [0.3, 0.4) is 0 Å². The highest BCUT2D eigenvalue weighted by Gasteiger charge is 2.13. The van der Waals surface area contributed by atoms with E-state index in [1.807, 2.05) is 61.5 Å². The van der Waals surface area contributed by atoms with Crippen molar-refractivity contribution in [3.8, 4) is 22.6 Å². The highest BCUT2D eigenvalue weighted by atomic mass is 35.5. The Morgan fingerprint density at radius 3 is 2.46 bits per heavy atom. The molecule has 0 bridgehead atoms. The van der Waals surface area contributed by atoms with E-state index in [2.05, 4.69) is 5.10 Å². The van der Waals surface area contributed by atoms with E-state index >= 15 is 0 Å². The molecule has 124 valence electrons. The molecule has 4 nitrogen and oxygen atoms in total. The van der Waals surface area contributed by atoms with Crippen LogP contribution < -0.4 is 10.3 Å². The van der Waals surface area contributed by atoms with E-state index in [9.17, 15) is 4.79 Å². The summed E-state index contributed by atoms with van der Waals surface area (Å²) in [7, 11) is 0. The molecule has 3 aromatic rings. The van der Waals surface area contributed by atoms with Gasteiger partial charge in [0.05, 0.1) is 17.9 Å². The summed E-state index contributed by atoms with van der Waals surface area (Å²) in [5.41, 5.74) is 3.16. The van der Waals surface area contributed by atoms with Gasteiger partial charge in [0.25, 0.3) is 5.56 Å². The molecule has 3 rings (SSSR count). The van der Waals surface area contributed by atoms with Crippen molar-refractivity contribution in [1.82, 2.24) is 9.78 Å². The summed E-state index contributed by atoms with van der Waals surface area (Å²) < 4.78 is 7.14. The molecule has 0 unspecified atom stereocenters. The van der Waals surface area contributed by atoms with Gasteiger partial charge in [0, 0.05) is 11.6 Å². The molecule has 0 spiro atoms. The van der Waals surface area contributed by atoms with E-state index < -0.39 is 0 Å². The van der Waals surface area contributed by atoms with Crippen LogP contribution in [-0.2, 0) is 0 Å². The van der Waals surface area contributed by atoms with Gasteiger partial charge in [-0.1, -0.05) is 30.3 Å². The van der Waals surface area contributed by atoms with Gasteiger partial charge < -0.3 is 4.74 Å². The van der Waals surface area contributed by atoms with Gasteiger partial charge in [0.1, 0.15) is 5.75 Å². The van der Waals surface area contributed by atoms with Gasteiger partial charge in [-0.15, -0.1) is 11.6 Å². The Labute approximate surface area is 145 Å². The first-order valence-corrected chi connectivity index (χ1v) is 8.40. The van der Waals surface area contributed by atoms with Crippen LogP contribution in [0.4, 0.5) is 0 Å². The summed E-state index contributed by atoms with van der Waals surface area (Å²) in [6.07, 6.45) is 0.805. The van der Waals surface area contributed by atoms with Gasteiger partial charge in [-0.3, -0.25) is 9.89 Å². The molecule has 0 aliphatic rings. The minimum Gasteiger partial charge on any atom is -0.494 e. The third kappa shape index (κ3) is 3.39. The maximum atomic E-state index is 12.8. The van der Waals surface area contributed by atoms with E-state index in [-0.39, 0.29) is 5.56 Å². The highest BCUT2D eigenvalue weighted by Crippen LogP contribution is 2.20. The summed E-state index contributed by atoms with van der Waals surface area (Å²) in [4.78, 5) is 12.8. The second-order valence-corrected chi connectivity index (χ2v) is 5.88. The normalized spacial score (nSPS) is 10.8. The highest BCUT2D eigenvalue weighted by molar-refractivity contribution is 6.17. The molecule has 0 amide bonds. The Hall–Kier alpha value is -2.46. The monoisotopic (exact) mass is 342 g/mol. The third-order valence-corrected chi connectivity index (χ3v) is 4.04. The number of hydrogen-bond acceptors (Lipinski definition) is 2. The Kier molecular flexibility index (Phi) is 5.06. The van der Waals surface area contributed by atoms with E-state index in [1.54, 1.807) is 4.68 Å². The number of halogens is 1. The van der Waals surface area contributed by atoms with Crippen LogP contribution in [0.1, 0.15) is 12.1 Å². The molecular weight excluding hydrogens is 324 g/mol. The summed E-state index contributed by atoms with van der Waals surface area (Å²) in [6.45, 7) is 2.49. The Morgan fingerprint density at radius 1 is 1.08 bits per heavy atom. The standard InChI is InChI=1S/C19H19ClN2O2/c1-14-18(15-6-3-2-4-7-15)19(23)22(21-14)16-8-10-17(11-9-16)24-13-5-12-20/h2-4,6-11,21H,5,12-13H2,1H3. The smallest absolute Gasteiger partial charge is 0.279 e. The van der Waals surface area contributed by atoms with Crippen LogP contribution in [0, 0.1) is 6.92 Å². The topological polar surface area (TPSA) is 47.0 Å². The Morgan fingerprint density at radius 2 is 1.79 bits per heavy atom. The maximum absolute atomic E-state index is 12.8. The van der Waals surface area contributed by atoms with Crippen molar-refractivity contribution in [2.24, 2.45) is 0 Å². The lowest BCUT2D eigenvalue weighted by molar-refractivity contribution is 0.318. The van der Waals surface area contributed by atoms with Crippen LogP contribution in [0.25, 0.3) is 16.8 Å². The number of ether oxygens (including phenoxy) is 1. The van der Waals surface area contributed by atoms with Gasteiger partial charge in [0.15, 0.2) is 0 Å². The molecular formula is C19H19ClN2O2. The number of alkyl halides is 1. The first kappa shape index (κ1) is 16.4. The number of aromatic nitrogens is 2. The molecule has 0 atom stereocenters. The van der Waals surface area contributed by atoms with Crippen LogP contribution in [0.5, 0.6) is 5.75 Å². The van der Waals surface area contributed by atoms with Crippen molar-refractivity contribution in [1.29, 1.82) is 0 Å². The van der Waals surface area contributed by atoms with Crippen LogP contribution in [0.15, 0.2) is 59.4 Å². The molecule has 0 saturated heterocycles. The number of rotatable bonds is 6. The molecule has 24 heavy (non-hydrogen) atoms. The first-order valence-electron chi connectivity index (χ1n) is 7.87. The maximum Gasteiger partial charge on any atom is 0.279 e. The van der Waals surface area contributed by atoms with E-state index in [1.165, 1.54) is 0 Å². The minimum absolute atomic E-state index is 0.0606. The second-order valence-electron chi connectivity index (χ2n) is 5.50. The molecule has 1 aromatic heterocycles. The molecule has 0 aliphatic carbocycles.